The number of rotatable bonds is 11. The quantitative estimate of drug-likeness (QED) is 0.582. The van der Waals surface area contributed by atoms with Gasteiger partial charge in [0, 0.05) is 18.7 Å². The van der Waals surface area contributed by atoms with Crippen LogP contribution in [0.3, 0.4) is 0 Å². The molecule has 0 unspecified atom stereocenters. The minimum atomic E-state index is -0.784. The second kappa shape index (κ2) is 10.0. The number of benzene rings is 2. The molecule has 4 heteroatoms. The average molecular weight is 343 g/mol. The molecular weight excluding hydrogens is 314 g/mol. The zero-order chi connectivity index (χ0) is 18.1. The van der Waals surface area contributed by atoms with Gasteiger partial charge in [-0.1, -0.05) is 50.5 Å². The molecule has 25 heavy (non-hydrogen) atoms. The SMILES string of the molecule is CCCCCCOc1cc(C)c2ccccc2c1CNCCC(=O)O. The molecule has 4 nitrogen and oxygen atoms in total. The summed E-state index contributed by atoms with van der Waals surface area (Å²) in [5, 5.41) is 14.4. The van der Waals surface area contributed by atoms with Crippen LogP contribution >= 0.6 is 0 Å². The van der Waals surface area contributed by atoms with Crippen LogP contribution in [-0.4, -0.2) is 24.2 Å². The van der Waals surface area contributed by atoms with Crippen LogP contribution in [0.15, 0.2) is 30.3 Å². The lowest BCUT2D eigenvalue weighted by Gasteiger charge is -2.17. The molecule has 136 valence electrons. The topological polar surface area (TPSA) is 58.6 Å². The van der Waals surface area contributed by atoms with E-state index in [1.165, 1.54) is 35.6 Å². The average Bonchev–Trinajstić information content (AvgIpc) is 2.60. The molecule has 0 saturated carbocycles. The molecule has 2 N–H and O–H groups in total. The number of hydrogen-bond donors (Lipinski definition) is 2. The summed E-state index contributed by atoms with van der Waals surface area (Å²) in [7, 11) is 0. The molecular formula is C21H29NO3. The Morgan fingerprint density at radius 2 is 1.92 bits per heavy atom. The molecule has 0 spiro atoms. The highest BCUT2D eigenvalue weighted by molar-refractivity contribution is 5.90. The number of aryl methyl sites for hydroxylation is 1. The fraction of sp³-hybridized carbons (Fsp3) is 0.476. The number of carboxylic acid groups (broad SMARTS) is 1. The molecule has 0 aliphatic heterocycles. The van der Waals surface area contributed by atoms with Gasteiger partial charge in [0.1, 0.15) is 5.75 Å². The van der Waals surface area contributed by atoms with Crippen molar-refractivity contribution >= 4 is 16.7 Å². The summed E-state index contributed by atoms with van der Waals surface area (Å²) in [6.07, 6.45) is 4.83. The molecule has 0 bridgehead atoms. The Balaban J connectivity index is 2.16. The van der Waals surface area contributed by atoms with E-state index in [0.29, 0.717) is 13.1 Å². The summed E-state index contributed by atoms with van der Waals surface area (Å²) in [5.41, 5.74) is 2.32. The van der Waals surface area contributed by atoms with Gasteiger partial charge in [0.25, 0.3) is 0 Å². The van der Waals surface area contributed by atoms with Gasteiger partial charge in [0.05, 0.1) is 13.0 Å². The first-order valence-corrected chi connectivity index (χ1v) is 9.20. The Morgan fingerprint density at radius 1 is 1.16 bits per heavy atom. The number of aliphatic carboxylic acids is 1. The number of carbonyl (C=O) groups is 1. The van der Waals surface area contributed by atoms with Crippen LogP contribution < -0.4 is 10.1 Å². The molecule has 0 aliphatic rings. The third-order valence-electron chi connectivity index (χ3n) is 4.39. The van der Waals surface area contributed by atoms with Gasteiger partial charge in [0.15, 0.2) is 0 Å². The minimum Gasteiger partial charge on any atom is -0.493 e. The number of hydrogen-bond acceptors (Lipinski definition) is 3. The minimum absolute atomic E-state index is 0.122. The first-order chi connectivity index (χ1) is 12.1. The van der Waals surface area contributed by atoms with E-state index in [9.17, 15) is 4.79 Å². The van der Waals surface area contributed by atoms with Gasteiger partial charge in [-0.2, -0.15) is 0 Å². The van der Waals surface area contributed by atoms with Crippen molar-refractivity contribution < 1.29 is 14.6 Å². The Hall–Kier alpha value is -2.07. The molecule has 0 fully saturated rings. The Bertz CT molecular complexity index is 697. The molecule has 0 atom stereocenters. The van der Waals surface area contributed by atoms with E-state index in [4.69, 9.17) is 9.84 Å². The standard InChI is InChI=1S/C21H29NO3/c1-3-4-5-8-13-25-20-14-16(2)17-9-6-7-10-18(17)19(20)15-22-12-11-21(23)24/h6-7,9-10,14,22H,3-5,8,11-13,15H2,1-2H3,(H,23,24). The monoisotopic (exact) mass is 343 g/mol. The molecule has 0 amide bonds. The van der Waals surface area contributed by atoms with Gasteiger partial charge in [-0.05, 0) is 35.7 Å². The summed E-state index contributed by atoms with van der Waals surface area (Å²) >= 11 is 0. The van der Waals surface area contributed by atoms with E-state index in [0.717, 1.165) is 24.3 Å². The predicted octanol–water partition coefficient (Wildman–Crippen LogP) is 4.67. The Labute approximate surface area is 150 Å². The zero-order valence-electron chi connectivity index (χ0n) is 15.3. The summed E-state index contributed by atoms with van der Waals surface area (Å²) in [4.78, 5) is 10.7. The maximum Gasteiger partial charge on any atom is 0.304 e. The van der Waals surface area contributed by atoms with Crippen LogP contribution in [0.1, 0.15) is 50.2 Å². The summed E-state index contributed by atoms with van der Waals surface area (Å²) in [5.74, 6) is 0.129. The fourth-order valence-electron chi connectivity index (χ4n) is 3.02. The van der Waals surface area contributed by atoms with Crippen molar-refractivity contribution in [1.82, 2.24) is 5.32 Å². The van der Waals surface area contributed by atoms with E-state index < -0.39 is 5.97 Å². The number of ether oxygens (including phenoxy) is 1. The van der Waals surface area contributed by atoms with Gasteiger partial charge < -0.3 is 15.2 Å². The molecule has 0 radical (unpaired) electrons. The van der Waals surface area contributed by atoms with Gasteiger partial charge in [0.2, 0.25) is 0 Å². The Kier molecular flexibility index (Phi) is 7.74. The molecule has 2 rings (SSSR count). The largest absolute Gasteiger partial charge is 0.493 e. The molecule has 0 saturated heterocycles. The lowest BCUT2D eigenvalue weighted by atomic mass is 9.99. The van der Waals surface area contributed by atoms with Crippen molar-refractivity contribution in [2.24, 2.45) is 0 Å². The summed E-state index contributed by atoms with van der Waals surface area (Å²) in [6.45, 7) is 6.09. The number of carboxylic acids is 1. The lowest BCUT2D eigenvalue weighted by Crippen LogP contribution is -2.18. The van der Waals surface area contributed by atoms with Crippen molar-refractivity contribution in [1.29, 1.82) is 0 Å². The maximum atomic E-state index is 10.7. The first kappa shape index (κ1) is 19.3. The third kappa shape index (κ3) is 5.75. The van der Waals surface area contributed by atoms with Crippen LogP contribution in [0.25, 0.3) is 10.8 Å². The summed E-state index contributed by atoms with van der Waals surface area (Å²) < 4.78 is 6.09. The highest BCUT2D eigenvalue weighted by Crippen LogP contribution is 2.31. The van der Waals surface area contributed by atoms with Crippen molar-refractivity contribution in [3.8, 4) is 5.75 Å². The first-order valence-electron chi connectivity index (χ1n) is 9.20. The zero-order valence-corrected chi connectivity index (χ0v) is 15.3. The second-order valence-corrected chi connectivity index (χ2v) is 6.45. The number of fused-ring (bicyclic) bond motifs is 1. The molecule has 0 aromatic heterocycles. The van der Waals surface area contributed by atoms with E-state index >= 15 is 0 Å². The molecule has 0 heterocycles. The van der Waals surface area contributed by atoms with Gasteiger partial charge in [-0.3, -0.25) is 4.79 Å². The smallest absolute Gasteiger partial charge is 0.304 e. The van der Waals surface area contributed by atoms with Crippen molar-refractivity contribution in [3.63, 3.8) is 0 Å². The van der Waals surface area contributed by atoms with Crippen LogP contribution in [0, 0.1) is 6.92 Å². The lowest BCUT2D eigenvalue weighted by molar-refractivity contribution is -0.136. The van der Waals surface area contributed by atoms with Crippen molar-refractivity contribution in [3.05, 3.63) is 41.5 Å². The van der Waals surface area contributed by atoms with Crippen molar-refractivity contribution in [2.75, 3.05) is 13.2 Å². The van der Waals surface area contributed by atoms with E-state index in [2.05, 4.69) is 37.4 Å². The fourth-order valence-corrected chi connectivity index (χ4v) is 3.02. The second-order valence-electron chi connectivity index (χ2n) is 6.45. The summed E-state index contributed by atoms with van der Waals surface area (Å²) in [6, 6.07) is 10.4. The highest BCUT2D eigenvalue weighted by Gasteiger charge is 2.11. The van der Waals surface area contributed by atoms with Crippen LogP contribution in [0.4, 0.5) is 0 Å². The normalized spacial score (nSPS) is 11.0. The van der Waals surface area contributed by atoms with Crippen molar-refractivity contribution in [2.45, 2.75) is 52.5 Å². The van der Waals surface area contributed by atoms with Gasteiger partial charge in [-0.15, -0.1) is 0 Å². The molecule has 2 aromatic carbocycles. The Morgan fingerprint density at radius 3 is 2.64 bits per heavy atom. The number of unbranched alkanes of at least 4 members (excludes halogenated alkanes) is 3. The van der Waals surface area contributed by atoms with E-state index in [1.54, 1.807) is 0 Å². The molecule has 2 aromatic rings. The predicted molar refractivity (Wildman–Crippen MR) is 102 cm³/mol. The van der Waals surface area contributed by atoms with Crippen LogP contribution in [0.2, 0.25) is 0 Å². The van der Waals surface area contributed by atoms with Crippen LogP contribution in [0.5, 0.6) is 5.75 Å². The number of nitrogens with one attached hydrogen (secondary N) is 1. The van der Waals surface area contributed by atoms with E-state index in [-0.39, 0.29) is 6.42 Å². The van der Waals surface area contributed by atoms with Gasteiger partial charge in [-0.25, -0.2) is 0 Å². The molecule has 0 aliphatic carbocycles. The maximum absolute atomic E-state index is 10.7. The van der Waals surface area contributed by atoms with Gasteiger partial charge >= 0.3 is 5.97 Å². The third-order valence-corrected chi connectivity index (χ3v) is 4.39. The van der Waals surface area contributed by atoms with Crippen LogP contribution in [-0.2, 0) is 11.3 Å². The van der Waals surface area contributed by atoms with E-state index in [1.807, 2.05) is 12.1 Å². The highest BCUT2D eigenvalue weighted by atomic mass is 16.5.